The van der Waals surface area contributed by atoms with Crippen molar-refractivity contribution in [2.24, 2.45) is 17.6 Å². The summed E-state index contributed by atoms with van der Waals surface area (Å²) in [4.78, 5) is 31.5. The minimum atomic E-state index is -2.86. The molecule has 2 heterocycles. The van der Waals surface area contributed by atoms with Crippen LogP contribution in [-0.2, 0) is 0 Å². The van der Waals surface area contributed by atoms with E-state index >= 15 is 0 Å². The highest BCUT2D eigenvalue weighted by molar-refractivity contribution is 6.03. The van der Waals surface area contributed by atoms with E-state index in [4.69, 9.17) is 10.5 Å². The summed E-state index contributed by atoms with van der Waals surface area (Å²) in [5.41, 5.74) is 5.48. The Bertz CT molecular complexity index is 1360. The Morgan fingerprint density at radius 1 is 1.18 bits per heavy atom. The van der Waals surface area contributed by atoms with Crippen molar-refractivity contribution in [1.29, 1.82) is 0 Å². The Hall–Kier alpha value is -3.43. The summed E-state index contributed by atoms with van der Waals surface area (Å²) in [5.74, 6) is -9.40. The fourth-order valence-electron chi connectivity index (χ4n) is 5.32. The Labute approximate surface area is 184 Å². The van der Waals surface area contributed by atoms with Gasteiger partial charge in [0.05, 0.1) is 18.0 Å². The number of hydrogen-bond donors (Lipinski definition) is 2. The van der Waals surface area contributed by atoms with Gasteiger partial charge in [-0.2, -0.15) is 4.39 Å². The number of nitrogens with one attached hydrogen (secondary N) is 1. The topological polar surface area (TPSA) is 98.1 Å². The molecular formula is C23H19F4N3O3. The maximum atomic E-state index is 14.4. The Morgan fingerprint density at radius 2 is 1.88 bits per heavy atom. The van der Waals surface area contributed by atoms with Gasteiger partial charge < -0.3 is 15.5 Å². The summed E-state index contributed by atoms with van der Waals surface area (Å²) in [6.07, 6.45) is 1.37. The standard InChI is InChI=1S/C23H19F4N3O3/c1-33-21-9(2-3-14(24)19(21)25)10-6-12-13(23(12,26)27)7-11(10)16-8-17(31)18-15(30-16)4-5-29-20(18)22(28)32/h2-5,8,10-13H,6-7H2,1H3,(H2,28,32)(H,30,31)/t10?,11-,12?,13-/m1/s1. The zero-order chi connectivity index (χ0) is 23.7. The molecule has 2 saturated carbocycles. The molecule has 2 unspecified atom stereocenters. The van der Waals surface area contributed by atoms with Crippen LogP contribution in [0.5, 0.6) is 5.75 Å². The van der Waals surface area contributed by atoms with Crippen molar-refractivity contribution < 1.29 is 27.1 Å². The zero-order valence-electron chi connectivity index (χ0n) is 17.4. The van der Waals surface area contributed by atoms with Crippen LogP contribution in [-0.4, -0.2) is 28.9 Å². The molecule has 5 rings (SSSR count). The molecule has 2 aliphatic rings. The number of amides is 1. The third-order valence-electron chi connectivity index (χ3n) is 6.95. The number of benzene rings is 1. The molecular weight excluding hydrogens is 442 g/mol. The lowest BCUT2D eigenvalue weighted by Gasteiger charge is -2.32. The zero-order valence-corrected chi connectivity index (χ0v) is 17.4. The maximum Gasteiger partial charge on any atom is 0.268 e. The van der Waals surface area contributed by atoms with Crippen LogP contribution in [0.2, 0.25) is 0 Å². The number of primary amides is 1. The van der Waals surface area contributed by atoms with Gasteiger partial charge in [0.15, 0.2) is 17.0 Å². The van der Waals surface area contributed by atoms with E-state index in [1.807, 2.05) is 0 Å². The number of rotatable bonds is 4. The molecule has 172 valence electrons. The van der Waals surface area contributed by atoms with Crippen LogP contribution >= 0.6 is 0 Å². The van der Waals surface area contributed by atoms with E-state index in [0.29, 0.717) is 5.69 Å². The minimum Gasteiger partial charge on any atom is -0.493 e. The number of ether oxygens (including phenoxy) is 1. The Balaban J connectivity index is 1.67. The lowest BCUT2D eigenvalue weighted by atomic mass is 9.73. The van der Waals surface area contributed by atoms with Gasteiger partial charge in [0.1, 0.15) is 5.69 Å². The fourth-order valence-corrected chi connectivity index (χ4v) is 5.32. The predicted molar refractivity (Wildman–Crippen MR) is 110 cm³/mol. The molecule has 6 nitrogen and oxygen atoms in total. The molecule has 2 aromatic heterocycles. The summed E-state index contributed by atoms with van der Waals surface area (Å²) in [6.45, 7) is 0. The number of alkyl halides is 2. The smallest absolute Gasteiger partial charge is 0.268 e. The predicted octanol–water partition coefficient (Wildman–Crippen LogP) is 3.85. The van der Waals surface area contributed by atoms with Gasteiger partial charge in [0.25, 0.3) is 11.8 Å². The van der Waals surface area contributed by atoms with Gasteiger partial charge in [-0.25, -0.2) is 13.2 Å². The van der Waals surface area contributed by atoms with Crippen molar-refractivity contribution in [3.8, 4) is 5.75 Å². The van der Waals surface area contributed by atoms with Gasteiger partial charge in [-0.15, -0.1) is 0 Å². The quantitative estimate of drug-likeness (QED) is 0.577. The molecule has 0 bridgehead atoms. The average molecular weight is 461 g/mol. The monoisotopic (exact) mass is 461 g/mol. The van der Waals surface area contributed by atoms with E-state index in [1.54, 1.807) is 0 Å². The number of aromatic amines is 1. The molecule has 0 radical (unpaired) electrons. The first kappa shape index (κ1) is 21.4. The third kappa shape index (κ3) is 3.19. The molecule has 3 aromatic rings. The number of fused-ring (bicyclic) bond motifs is 2. The molecule has 0 spiro atoms. The third-order valence-corrected chi connectivity index (χ3v) is 6.95. The van der Waals surface area contributed by atoms with Gasteiger partial charge in [0, 0.05) is 41.3 Å². The first-order valence-corrected chi connectivity index (χ1v) is 10.4. The summed E-state index contributed by atoms with van der Waals surface area (Å²) in [5, 5.41) is 0.00106. The van der Waals surface area contributed by atoms with E-state index in [1.165, 1.54) is 31.5 Å². The van der Waals surface area contributed by atoms with Crippen LogP contribution in [0.1, 0.15) is 46.4 Å². The minimum absolute atomic E-state index is 0.00106. The number of nitrogens with two attached hydrogens (primary N) is 1. The molecule has 1 amide bonds. The van der Waals surface area contributed by atoms with Crippen molar-refractivity contribution in [3.05, 3.63) is 69.3 Å². The van der Waals surface area contributed by atoms with Crippen molar-refractivity contribution >= 4 is 16.8 Å². The summed E-state index contributed by atoms with van der Waals surface area (Å²) in [6, 6.07) is 5.00. The van der Waals surface area contributed by atoms with Crippen molar-refractivity contribution in [2.75, 3.05) is 7.11 Å². The Kier molecular flexibility index (Phi) is 4.73. The fraction of sp³-hybridized carbons (Fsp3) is 0.348. The number of carbonyl (C=O) groups excluding carboxylic acids is 1. The number of carbonyl (C=O) groups is 1. The molecule has 4 atom stereocenters. The van der Waals surface area contributed by atoms with Gasteiger partial charge in [-0.1, -0.05) is 6.07 Å². The molecule has 2 fully saturated rings. The van der Waals surface area contributed by atoms with Gasteiger partial charge >= 0.3 is 0 Å². The molecule has 1 aromatic carbocycles. The second-order valence-electron chi connectivity index (χ2n) is 8.59. The van der Waals surface area contributed by atoms with E-state index in [-0.39, 0.29) is 40.8 Å². The molecule has 33 heavy (non-hydrogen) atoms. The van der Waals surface area contributed by atoms with Crippen molar-refractivity contribution in [3.63, 3.8) is 0 Å². The van der Waals surface area contributed by atoms with Crippen LogP contribution in [0.15, 0.2) is 35.3 Å². The first-order chi connectivity index (χ1) is 15.6. The number of aromatic nitrogens is 2. The van der Waals surface area contributed by atoms with Crippen molar-refractivity contribution in [1.82, 2.24) is 9.97 Å². The number of nitrogens with zero attached hydrogens (tertiary/aromatic N) is 1. The molecule has 10 heteroatoms. The summed E-state index contributed by atoms with van der Waals surface area (Å²) < 4.78 is 62.1. The average Bonchev–Trinajstić information content (AvgIpc) is 3.33. The number of pyridine rings is 2. The molecule has 0 saturated heterocycles. The second kappa shape index (κ2) is 7.29. The SMILES string of the molecule is COc1c(C2CC3[C@@H](C[C@H]2c2cc(=O)c4c(C(N)=O)nccc4[nH]2)C3(F)F)ccc(F)c1F. The highest BCUT2D eigenvalue weighted by atomic mass is 19.3. The lowest BCUT2D eigenvalue weighted by Crippen LogP contribution is -2.23. The largest absolute Gasteiger partial charge is 0.493 e. The first-order valence-electron chi connectivity index (χ1n) is 10.4. The lowest BCUT2D eigenvalue weighted by molar-refractivity contribution is 0.0845. The summed E-state index contributed by atoms with van der Waals surface area (Å²) >= 11 is 0. The normalized spacial score (nSPS) is 25.5. The highest BCUT2D eigenvalue weighted by Crippen LogP contribution is 2.68. The molecule has 0 aliphatic heterocycles. The van der Waals surface area contributed by atoms with Crippen LogP contribution in [0, 0.1) is 23.5 Å². The van der Waals surface area contributed by atoms with Gasteiger partial charge in [-0.3, -0.25) is 14.6 Å². The summed E-state index contributed by atoms with van der Waals surface area (Å²) in [7, 11) is 1.18. The number of methoxy groups -OCH3 is 1. The highest BCUT2D eigenvalue weighted by Gasteiger charge is 2.70. The maximum absolute atomic E-state index is 14.4. The van der Waals surface area contributed by atoms with Gasteiger partial charge in [-0.05, 0) is 30.9 Å². The Morgan fingerprint density at radius 3 is 2.55 bits per heavy atom. The number of H-pyrrole nitrogens is 1. The van der Waals surface area contributed by atoms with E-state index in [0.717, 1.165) is 6.07 Å². The second-order valence-corrected chi connectivity index (χ2v) is 8.59. The van der Waals surface area contributed by atoms with Crippen LogP contribution < -0.4 is 15.9 Å². The van der Waals surface area contributed by atoms with Crippen LogP contribution in [0.3, 0.4) is 0 Å². The van der Waals surface area contributed by atoms with E-state index < -0.39 is 52.6 Å². The van der Waals surface area contributed by atoms with Crippen LogP contribution in [0.25, 0.3) is 10.9 Å². The number of hydrogen-bond acceptors (Lipinski definition) is 4. The van der Waals surface area contributed by atoms with Gasteiger partial charge in [0.2, 0.25) is 5.82 Å². The molecule has 2 aliphatic carbocycles. The molecule has 3 N–H and O–H groups in total. The number of halogens is 4. The van der Waals surface area contributed by atoms with E-state index in [2.05, 4.69) is 9.97 Å². The van der Waals surface area contributed by atoms with Crippen molar-refractivity contribution in [2.45, 2.75) is 30.6 Å². The van der Waals surface area contributed by atoms with Crippen LogP contribution in [0.4, 0.5) is 17.6 Å². The van der Waals surface area contributed by atoms with E-state index in [9.17, 15) is 27.2 Å².